The molecule has 3 aromatic rings. The summed E-state index contributed by atoms with van der Waals surface area (Å²) >= 11 is 0. The van der Waals surface area contributed by atoms with Crippen molar-refractivity contribution in [1.82, 2.24) is 14.7 Å². The Morgan fingerprint density at radius 2 is 1.79 bits per heavy atom. The molecule has 0 amide bonds. The van der Waals surface area contributed by atoms with Crippen molar-refractivity contribution in [2.45, 2.75) is 59.4 Å². The van der Waals surface area contributed by atoms with Crippen molar-refractivity contribution in [1.29, 1.82) is 0 Å². The summed E-state index contributed by atoms with van der Waals surface area (Å²) in [5.41, 5.74) is 2.54. The number of benzene rings is 2. The summed E-state index contributed by atoms with van der Waals surface area (Å²) in [7, 11) is 0. The third-order valence-electron chi connectivity index (χ3n) is 5.31. The summed E-state index contributed by atoms with van der Waals surface area (Å²) in [6.07, 6.45) is -0.559. The van der Waals surface area contributed by atoms with Gasteiger partial charge in [0, 0.05) is 25.2 Å². The number of nitrogens with zero attached hydrogens (tertiary/aromatic N) is 3. The molecule has 0 unspecified atom stereocenters. The number of ether oxygens (including phenoxy) is 2. The van der Waals surface area contributed by atoms with Crippen molar-refractivity contribution < 1.29 is 19.0 Å². The molecule has 0 saturated carbocycles. The largest absolute Gasteiger partial charge is 0.438 e. The Balaban J connectivity index is 1.94. The van der Waals surface area contributed by atoms with Gasteiger partial charge in [0.2, 0.25) is 5.88 Å². The van der Waals surface area contributed by atoms with Gasteiger partial charge in [0.05, 0.1) is 35.8 Å². The Kier molecular flexibility index (Phi) is 8.61. The lowest BCUT2D eigenvalue weighted by molar-refractivity contribution is -0.0137. The number of halogens is 1. The van der Waals surface area contributed by atoms with Crippen LogP contribution in [0.2, 0.25) is 0 Å². The zero-order valence-corrected chi connectivity index (χ0v) is 20.0. The first kappa shape index (κ1) is 24.9. The van der Waals surface area contributed by atoms with E-state index in [0.29, 0.717) is 24.7 Å². The van der Waals surface area contributed by atoms with E-state index in [1.807, 2.05) is 51.1 Å². The van der Waals surface area contributed by atoms with E-state index in [9.17, 15) is 9.50 Å². The molecule has 1 heterocycles. The average molecular weight is 456 g/mol. The van der Waals surface area contributed by atoms with Crippen LogP contribution in [0, 0.1) is 12.7 Å². The molecule has 6 nitrogen and oxygen atoms in total. The van der Waals surface area contributed by atoms with Crippen LogP contribution in [-0.2, 0) is 11.3 Å². The van der Waals surface area contributed by atoms with Gasteiger partial charge in [-0.15, -0.1) is 0 Å². The Labute approximate surface area is 195 Å². The van der Waals surface area contributed by atoms with Crippen LogP contribution in [0.4, 0.5) is 4.39 Å². The predicted octanol–water partition coefficient (Wildman–Crippen LogP) is 5.11. The van der Waals surface area contributed by atoms with Gasteiger partial charge in [-0.3, -0.25) is 4.90 Å². The Hall–Kier alpha value is -2.74. The van der Waals surface area contributed by atoms with Crippen molar-refractivity contribution in [3.8, 4) is 17.3 Å². The first-order valence-corrected chi connectivity index (χ1v) is 11.4. The highest BCUT2D eigenvalue weighted by Gasteiger charge is 2.24. The molecule has 0 saturated heterocycles. The van der Waals surface area contributed by atoms with Crippen molar-refractivity contribution in [3.63, 3.8) is 0 Å². The molecule has 0 aliphatic rings. The number of aliphatic hydroxyl groups is 1. The molecule has 0 aliphatic carbocycles. The maximum atomic E-state index is 13.8. The van der Waals surface area contributed by atoms with Gasteiger partial charge in [0.25, 0.3) is 0 Å². The normalized spacial score (nSPS) is 12.7. The van der Waals surface area contributed by atoms with Crippen molar-refractivity contribution in [2.24, 2.45) is 0 Å². The molecule has 0 spiro atoms. The number of rotatable bonds is 11. The Morgan fingerprint density at radius 3 is 2.42 bits per heavy atom. The van der Waals surface area contributed by atoms with Gasteiger partial charge in [-0.05, 0) is 58.9 Å². The molecule has 3 rings (SSSR count). The van der Waals surface area contributed by atoms with E-state index in [1.54, 1.807) is 16.8 Å². The molecule has 2 aromatic carbocycles. The van der Waals surface area contributed by atoms with Crippen molar-refractivity contribution >= 4 is 0 Å². The van der Waals surface area contributed by atoms with Crippen molar-refractivity contribution in [2.75, 3.05) is 13.2 Å². The van der Waals surface area contributed by atoms with Crippen LogP contribution in [-0.4, -0.2) is 51.2 Å². The van der Waals surface area contributed by atoms with Gasteiger partial charge in [-0.25, -0.2) is 9.07 Å². The first-order chi connectivity index (χ1) is 15.7. The SMILES string of the molecule is Cc1nn(-c2ccccc2)c(Oc2cccc(F)c2)c1CN(C[C@H](O)COC(C)C)C(C)C. The summed E-state index contributed by atoms with van der Waals surface area (Å²) in [6.45, 7) is 11.2. The number of hydrogen-bond acceptors (Lipinski definition) is 5. The second-order valence-electron chi connectivity index (χ2n) is 8.74. The fourth-order valence-corrected chi connectivity index (χ4v) is 3.50. The summed E-state index contributed by atoms with van der Waals surface area (Å²) in [5, 5.41) is 15.3. The smallest absolute Gasteiger partial charge is 0.227 e. The van der Waals surface area contributed by atoms with E-state index in [2.05, 4.69) is 18.7 Å². The van der Waals surface area contributed by atoms with Gasteiger partial charge in [-0.2, -0.15) is 5.10 Å². The lowest BCUT2D eigenvalue weighted by Gasteiger charge is -2.29. The summed E-state index contributed by atoms with van der Waals surface area (Å²) < 4.78 is 27.4. The molecule has 33 heavy (non-hydrogen) atoms. The highest BCUT2D eigenvalue weighted by atomic mass is 19.1. The van der Waals surface area contributed by atoms with Gasteiger partial charge < -0.3 is 14.6 Å². The van der Waals surface area contributed by atoms with Crippen LogP contribution in [0.3, 0.4) is 0 Å². The lowest BCUT2D eigenvalue weighted by atomic mass is 10.2. The minimum atomic E-state index is -0.619. The van der Waals surface area contributed by atoms with Crippen LogP contribution < -0.4 is 4.74 Å². The number of aryl methyl sites for hydroxylation is 1. The fourth-order valence-electron chi connectivity index (χ4n) is 3.50. The molecular formula is C26H34FN3O3. The molecule has 0 fully saturated rings. The standard InChI is InChI=1S/C26H34FN3O3/c1-18(2)29(15-23(31)17-32-19(3)4)16-25-20(5)28-30(22-11-7-6-8-12-22)26(25)33-24-13-9-10-21(27)14-24/h6-14,18-19,23,31H,15-17H2,1-5H3/t23-/m0/s1. The zero-order valence-electron chi connectivity index (χ0n) is 20.0. The quantitative estimate of drug-likeness (QED) is 0.435. The van der Waals surface area contributed by atoms with Crippen LogP contribution in [0.1, 0.15) is 39.0 Å². The van der Waals surface area contributed by atoms with Crippen LogP contribution >= 0.6 is 0 Å². The third kappa shape index (κ3) is 6.87. The predicted molar refractivity (Wildman–Crippen MR) is 127 cm³/mol. The second-order valence-corrected chi connectivity index (χ2v) is 8.74. The van der Waals surface area contributed by atoms with Crippen LogP contribution in [0.5, 0.6) is 11.6 Å². The molecule has 0 bridgehead atoms. The number of para-hydroxylation sites is 1. The second kappa shape index (κ2) is 11.4. The zero-order chi connectivity index (χ0) is 24.0. The lowest BCUT2D eigenvalue weighted by Crippen LogP contribution is -2.39. The average Bonchev–Trinajstić information content (AvgIpc) is 3.07. The number of aliphatic hydroxyl groups excluding tert-OH is 1. The van der Waals surface area contributed by atoms with E-state index in [1.165, 1.54) is 12.1 Å². The molecule has 0 radical (unpaired) electrons. The van der Waals surface area contributed by atoms with E-state index in [4.69, 9.17) is 14.6 Å². The van der Waals surface area contributed by atoms with Gasteiger partial charge in [-0.1, -0.05) is 24.3 Å². The minimum Gasteiger partial charge on any atom is -0.438 e. The molecule has 7 heteroatoms. The van der Waals surface area contributed by atoms with Gasteiger partial charge >= 0.3 is 0 Å². The van der Waals surface area contributed by atoms with E-state index < -0.39 is 6.10 Å². The molecule has 0 aliphatic heterocycles. The Bertz CT molecular complexity index is 1020. The van der Waals surface area contributed by atoms with Crippen LogP contribution in [0.25, 0.3) is 5.69 Å². The van der Waals surface area contributed by atoms with E-state index in [0.717, 1.165) is 16.9 Å². The maximum Gasteiger partial charge on any atom is 0.227 e. The van der Waals surface area contributed by atoms with E-state index in [-0.39, 0.29) is 24.6 Å². The third-order valence-corrected chi connectivity index (χ3v) is 5.31. The molecule has 1 aromatic heterocycles. The highest BCUT2D eigenvalue weighted by molar-refractivity contribution is 5.43. The summed E-state index contributed by atoms with van der Waals surface area (Å²) in [5.74, 6) is 0.561. The highest BCUT2D eigenvalue weighted by Crippen LogP contribution is 2.32. The van der Waals surface area contributed by atoms with Gasteiger partial charge in [0.1, 0.15) is 11.6 Å². The number of hydrogen-bond donors (Lipinski definition) is 1. The van der Waals surface area contributed by atoms with E-state index >= 15 is 0 Å². The Morgan fingerprint density at radius 1 is 1.06 bits per heavy atom. The first-order valence-electron chi connectivity index (χ1n) is 11.4. The maximum absolute atomic E-state index is 13.8. The number of aromatic nitrogens is 2. The monoisotopic (exact) mass is 455 g/mol. The van der Waals surface area contributed by atoms with Gasteiger partial charge in [0.15, 0.2) is 0 Å². The topological polar surface area (TPSA) is 59.8 Å². The summed E-state index contributed by atoms with van der Waals surface area (Å²) in [4.78, 5) is 2.16. The fraction of sp³-hybridized carbons (Fsp3) is 0.423. The minimum absolute atomic E-state index is 0.0600. The molecule has 1 atom stereocenters. The molecule has 1 N–H and O–H groups in total. The molecular weight excluding hydrogens is 421 g/mol. The molecule has 178 valence electrons. The van der Waals surface area contributed by atoms with Crippen LogP contribution in [0.15, 0.2) is 54.6 Å². The summed E-state index contributed by atoms with van der Waals surface area (Å²) in [6, 6.07) is 15.9. The van der Waals surface area contributed by atoms with Crippen molar-refractivity contribution in [3.05, 3.63) is 71.7 Å².